The fourth-order valence-corrected chi connectivity index (χ4v) is 3.22. The Morgan fingerprint density at radius 1 is 1.55 bits per heavy atom. The summed E-state index contributed by atoms with van der Waals surface area (Å²) in [5, 5.41) is 13.9. The van der Waals surface area contributed by atoms with Crippen LogP contribution in [0, 0.1) is 5.92 Å². The van der Waals surface area contributed by atoms with Crippen LogP contribution in [-0.4, -0.2) is 34.6 Å². The minimum Gasteiger partial charge on any atom is -0.480 e. The van der Waals surface area contributed by atoms with Crippen molar-refractivity contribution in [3.63, 3.8) is 0 Å². The Hall–Kier alpha value is -1.56. The van der Waals surface area contributed by atoms with Gasteiger partial charge in [-0.2, -0.15) is 0 Å². The first-order valence-electron chi connectivity index (χ1n) is 6.86. The SMILES string of the molecule is CCC(C)[C@H](NC(=O)N1CCc2sccc2C1)C(=O)O. The number of hydrogen-bond donors (Lipinski definition) is 2. The molecule has 2 rings (SSSR count). The van der Waals surface area contributed by atoms with Crippen molar-refractivity contribution in [1.29, 1.82) is 0 Å². The van der Waals surface area contributed by atoms with Gasteiger partial charge in [0.1, 0.15) is 6.04 Å². The molecule has 0 aliphatic carbocycles. The van der Waals surface area contributed by atoms with Gasteiger partial charge in [0, 0.05) is 18.0 Å². The summed E-state index contributed by atoms with van der Waals surface area (Å²) in [5.41, 5.74) is 1.17. The van der Waals surface area contributed by atoms with Crippen LogP contribution < -0.4 is 5.32 Å². The second-order valence-electron chi connectivity index (χ2n) is 5.19. The first-order chi connectivity index (χ1) is 9.52. The predicted molar refractivity (Wildman–Crippen MR) is 77.8 cm³/mol. The molecular weight excluding hydrogens is 276 g/mol. The maximum absolute atomic E-state index is 12.2. The lowest BCUT2D eigenvalue weighted by Gasteiger charge is -2.29. The molecule has 2 N–H and O–H groups in total. The smallest absolute Gasteiger partial charge is 0.326 e. The molecule has 6 heteroatoms. The molecule has 1 aliphatic heterocycles. The van der Waals surface area contributed by atoms with Crippen molar-refractivity contribution in [2.45, 2.75) is 39.3 Å². The number of carboxylic acid groups (broad SMARTS) is 1. The molecule has 1 unspecified atom stereocenters. The van der Waals surface area contributed by atoms with Crippen molar-refractivity contribution in [3.8, 4) is 0 Å². The van der Waals surface area contributed by atoms with Gasteiger partial charge >= 0.3 is 12.0 Å². The number of nitrogens with zero attached hydrogens (tertiary/aromatic N) is 1. The Kier molecular flexibility index (Phi) is 4.65. The van der Waals surface area contributed by atoms with E-state index in [0.29, 0.717) is 19.5 Å². The largest absolute Gasteiger partial charge is 0.480 e. The topological polar surface area (TPSA) is 69.6 Å². The molecule has 2 heterocycles. The number of carboxylic acids is 1. The molecule has 110 valence electrons. The van der Waals surface area contributed by atoms with E-state index in [9.17, 15) is 14.7 Å². The Labute approximate surface area is 122 Å². The van der Waals surface area contributed by atoms with Gasteiger partial charge in [-0.3, -0.25) is 0 Å². The summed E-state index contributed by atoms with van der Waals surface area (Å²) in [6.45, 7) is 4.97. The molecule has 2 atom stereocenters. The number of carbonyl (C=O) groups is 2. The minimum absolute atomic E-state index is 0.0852. The molecule has 0 radical (unpaired) electrons. The van der Waals surface area contributed by atoms with Crippen LogP contribution >= 0.6 is 11.3 Å². The maximum atomic E-state index is 12.2. The van der Waals surface area contributed by atoms with Crippen LogP contribution in [-0.2, 0) is 17.8 Å². The fourth-order valence-electron chi connectivity index (χ4n) is 2.33. The number of rotatable bonds is 4. The minimum atomic E-state index is -0.971. The number of nitrogens with one attached hydrogen (secondary N) is 1. The predicted octanol–water partition coefficient (Wildman–Crippen LogP) is 2.32. The van der Waals surface area contributed by atoms with Crippen LogP contribution in [0.15, 0.2) is 11.4 Å². The highest BCUT2D eigenvalue weighted by Gasteiger charge is 2.29. The monoisotopic (exact) mass is 296 g/mol. The van der Waals surface area contributed by atoms with Crippen molar-refractivity contribution in [1.82, 2.24) is 10.2 Å². The summed E-state index contributed by atoms with van der Waals surface area (Å²) < 4.78 is 0. The Morgan fingerprint density at radius 3 is 2.95 bits per heavy atom. The average Bonchev–Trinajstić information content (AvgIpc) is 2.90. The molecular formula is C14H20N2O3S. The third kappa shape index (κ3) is 3.12. The lowest BCUT2D eigenvalue weighted by atomic mass is 9.99. The van der Waals surface area contributed by atoms with Gasteiger partial charge in [-0.05, 0) is 29.3 Å². The van der Waals surface area contributed by atoms with Gasteiger partial charge in [0.15, 0.2) is 0 Å². The summed E-state index contributed by atoms with van der Waals surface area (Å²) in [5.74, 6) is -1.06. The van der Waals surface area contributed by atoms with Crippen LogP contribution in [0.1, 0.15) is 30.7 Å². The van der Waals surface area contributed by atoms with Gasteiger partial charge in [-0.15, -0.1) is 11.3 Å². The highest BCUT2D eigenvalue weighted by Crippen LogP contribution is 2.24. The second kappa shape index (κ2) is 6.26. The summed E-state index contributed by atoms with van der Waals surface area (Å²) in [4.78, 5) is 26.5. The second-order valence-corrected chi connectivity index (χ2v) is 6.19. The number of thiophene rings is 1. The molecule has 2 amide bonds. The van der Waals surface area contributed by atoms with Gasteiger partial charge in [0.05, 0.1) is 0 Å². The van der Waals surface area contributed by atoms with Crippen molar-refractivity contribution in [3.05, 3.63) is 21.9 Å². The highest BCUT2D eigenvalue weighted by molar-refractivity contribution is 7.10. The molecule has 20 heavy (non-hydrogen) atoms. The van der Waals surface area contributed by atoms with E-state index < -0.39 is 12.0 Å². The van der Waals surface area contributed by atoms with Crippen molar-refractivity contribution >= 4 is 23.3 Å². The number of fused-ring (bicyclic) bond motifs is 1. The normalized spacial score (nSPS) is 17.2. The summed E-state index contributed by atoms with van der Waals surface area (Å²) in [6, 6.07) is 0.925. The van der Waals surface area contributed by atoms with Crippen LogP contribution in [0.5, 0.6) is 0 Å². The maximum Gasteiger partial charge on any atom is 0.326 e. The van der Waals surface area contributed by atoms with E-state index in [2.05, 4.69) is 5.32 Å². The Morgan fingerprint density at radius 2 is 2.30 bits per heavy atom. The number of urea groups is 1. The van der Waals surface area contributed by atoms with Gasteiger partial charge in [-0.1, -0.05) is 20.3 Å². The van der Waals surface area contributed by atoms with Crippen molar-refractivity contribution in [2.24, 2.45) is 5.92 Å². The van der Waals surface area contributed by atoms with Gasteiger partial charge in [-0.25, -0.2) is 9.59 Å². The lowest BCUT2D eigenvalue weighted by molar-refractivity contribution is -0.140. The van der Waals surface area contributed by atoms with Gasteiger partial charge in [0.25, 0.3) is 0 Å². The van der Waals surface area contributed by atoms with Gasteiger partial charge in [0.2, 0.25) is 0 Å². The van der Waals surface area contributed by atoms with E-state index in [1.807, 2.05) is 25.3 Å². The van der Waals surface area contributed by atoms with Crippen LogP contribution in [0.3, 0.4) is 0 Å². The van der Waals surface area contributed by atoms with E-state index in [1.165, 1.54) is 10.4 Å². The third-order valence-corrected chi connectivity index (χ3v) is 4.88. The quantitative estimate of drug-likeness (QED) is 0.896. The fraction of sp³-hybridized carbons (Fsp3) is 0.571. The van der Waals surface area contributed by atoms with E-state index in [0.717, 1.165) is 6.42 Å². The molecule has 1 aliphatic rings. The Balaban J connectivity index is 2.00. The third-order valence-electron chi connectivity index (χ3n) is 3.85. The molecule has 5 nitrogen and oxygen atoms in total. The zero-order valence-electron chi connectivity index (χ0n) is 11.8. The number of aliphatic carboxylic acids is 1. The molecule has 0 fully saturated rings. The van der Waals surface area contributed by atoms with Gasteiger partial charge < -0.3 is 15.3 Å². The van der Waals surface area contributed by atoms with E-state index >= 15 is 0 Å². The standard InChI is InChI=1S/C14H20N2O3S/c1-3-9(2)12(13(17)18)15-14(19)16-6-4-11-10(8-16)5-7-20-11/h5,7,9,12H,3-4,6,8H2,1-2H3,(H,15,19)(H,17,18)/t9?,12-/m0/s1. The number of carbonyl (C=O) groups excluding carboxylic acids is 1. The molecule has 0 bridgehead atoms. The average molecular weight is 296 g/mol. The van der Waals surface area contributed by atoms with Crippen LogP contribution in [0.2, 0.25) is 0 Å². The van der Waals surface area contributed by atoms with Crippen molar-refractivity contribution < 1.29 is 14.7 Å². The van der Waals surface area contributed by atoms with Crippen LogP contribution in [0.25, 0.3) is 0 Å². The van der Waals surface area contributed by atoms with E-state index in [-0.39, 0.29) is 11.9 Å². The molecule has 0 saturated carbocycles. The molecule has 1 aromatic rings. The summed E-state index contributed by atoms with van der Waals surface area (Å²) in [6.07, 6.45) is 1.56. The Bertz CT molecular complexity index is 500. The van der Waals surface area contributed by atoms with Crippen molar-refractivity contribution in [2.75, 3.05) is 6.54 Å². The molecule has 0 aromatic carbocycles. The molecule has 0 spiro atoms. The first kappa shape index (κ1) is 14.8. The number of hydrogen-bond acceptors (Lipinski definition) is 3. The lowest BCUT2D eigenvalue weighted by Crippen LogP contribution is -2.51. The van der Waals surface area contributed by atoms with E-state index in [4.69, 9.17) is 0 Å². The zero-order chi connectivity index (χ0) is 14.7. The molecule has 0 saturated heterocycles. The zero-order valence-corrected chi connectivity index (χ0v) is 12.6. The first-order valence-corrected chi connectivity index (χ1v) is 7.74. The summed E-state index contributed by atoms with van der Waals surface area (Å²) >= 11 is 1.71. The molecule has 1 aromatic heterocycles. The summed E-state index contributed by atoms with van der Waals surface area (Å²) in [7, 11) is 0. The van der Waals surface area contributed by atoms with E-state index in [1.54, 1.807) is 16.2 Å². The number of amides is 2. The highest BCUT2D eigenvalue weighted by atomic mass is 32.1. The van der Waals surface area contributed by atoms with Crippen LogP contribution in [0.4, 0.5) is 4.79 Å².